The molecule has 1 aromatic heterocycles. The molecule has 2 aromatic carbocycles. The van der Waals surface area contributed by atoms with Crippen LogP contribution in [0.15, 0.2) is 60.0 Å². The van der Waals surface area contributed by atoms with E-state index in [9.17, 15) is 9.59 Å². The summed E-state index contributed by atoms with van der Waals surface area (Å²) in [5, 5.41) is 2.09. The minimum absolute atomic E-state index is 0.0281. The highest BCUT2D eigenvalue weighted by Gasteiger charge is 2.34. The molecule has 1 unspecified atom stereocenters. The molecule has 4 rings (SSSR count). The first-order valence-electron chi connectivity index (χ1n) is 11.8. The van der Waals surface area contributed by atoms with Crippen LogP contribution >= 0.6 is 11.3 Å². The van der Waals surface area contributed by atoms with E-state index in [1.54, 1.807) is 54.7 Å². The summed E-state index contributed by atoms with van der Waals surface area (Å²) in [6.07, 6.45) is 0.819. The number of amides is 2. The summed E-state index contributed by atoms with van der Waals surface area (Å²) in [6.45, 7) is 5.24. The molecule has 1 atom stereocenters. The van der Waals surface area contributed by atoms with Crippen LogP contribution in [0.3, 0.4) is 0 Å². The highest BCUT2D eigenvalue weighted by molar-refractivity contribution is 7.10. The van der Waals surface area contributed by atoms with E-state index >= 15 is 0 Å². The van der Waals surface area contributed by atoms with Crippen molar-refractivity contribution in [1.82, 2.24) is 9.80 Å². The van der Waals surface area contributed by atoms with Gasteiger partial charge in [-0.15, -0.1) is 11.3 Å². The molecule has 35 heavy (non-hydrogen) atoms. The molecule has 1 aliphatic heterocycles. The highest BCUT2D eigenvalue weighted by Crippen LogP contribution is 2.38. The van der Waals surface area contributed by atoms with Gasteiger partial charge >= 0.3 is 0 Å². The molecule has 0 bridgehead atoms. The Morgan fingerprint density at radius 2 is 1.80 bits per heavy atom. The lowest BCUT2D eigenvalue weighted by atomic mass is 9.93. The third kappa shape index (κ3) is 5.51. The molecule has 1 aliphatic rings. The Kier molecular flexibility index (Phi) is 7.76. The molecule has 0 fully saturated rings. The van der Waals surface area contributed by atoms with Crippen molar-refractivity contribution >= 4 is 23.2 Å². The average Bonchev–Trinajstić information content (AvgIpc) is 3.36. The second kappa shape index (κ2) is 11.0. The number of nitrogens with zero attached hydrogens (tertiary/aromatic N) is 2. The van der Waals surface area contributed by atoms with E-state index in [-0.39, 0.29) is 30.3 Å². The van der Waals surface area contributed by atoms with Gasteiger partial charge in [-0.25, -0.2) is 0 Å². The van der Waals surface area contributed by atoms with E-state index in [0.29, 0.717) is 24.4 Å². The number of hydrogen-bond acceptors (Lipinski definition) is 5. The third-order valence-corrected chi connectivity index (χ3v) is 7.23. The van der Waals surface area contributed by atoms with Crippen LogP contribution in [0.5, 0.6) is 11.5 Å². The zero-order valence-electron chi connectivity index (χ0n) is 20.7. The number of hydrogen-bond donors (Lipinski definition) is 0. The van der Waals surface area contributed by atoms with E-state index in [0.717, 1.165) is 23.3 Å². The third-order valence-electron chi connectivity index (χ3n) is 6.23. The number of methoxy groups -OCH3 is 2. The predicted octanol–water partition coefficient (Wildman–Crippen LogP) is 5.04. The van der Waals surface area contributed by atoms with Crippen LogP contribution in [0.4, 0.5) is 0 Å². The first kappa shape index (κ1) is 24.8. The SMILES string of the molecule is COc1ccc(C2c3ccsc3CCN2C(=O)CN(CC(C)C)C(=O)c2cccc(OC)c2)cc1. The zero-order chi connectivity index (χ0) is 24.9. The fraction of sp³-hybridized carbons (Fsp3) is 0.357. The largest absolute Gasteiger partial charge is 0.497 e. The van der Waals surface area contributed by atoms with Gasteiger partial charge in [0.25, 0.3) is 5.91 Å². The molecule has 0 aliphatic carbocycles. The molecule has 0 saturated heterocycles. The first-order valence-corrected chi connectivity index (χ1v) is 12.7. The lowest BCUT2D eigenvalue weighted by Gasteiger charge is -2.38. The van der Waals surface area contributed by atoms with E-state index < -0.39 is 0 Å². The van der Waals surface area contributed by atoms with Crippen molar-refractivity contribution in [2.24, 2.45) is 5.92 Å². The topological polar surface area (TPSA) is 59.1 Å². The zero-order valence-corrected chi connectivity index (χ0v) is 21.5. The first-order chi connectivity index (χ1) is 16.9. The maximum Gasteiger partial charge on any atom is 0.254 e. The molecular formula is C28H32N2O4S. The van der Waals surface area contributed by atoms with Gasteiger partial charge in [0.2, 0.25) is 5.91 Å². The van der Waals surface area contributed by atoms with Crippen LogP contribution in [0, 0.1) is 5.92 Å². The molecule has 3 aromatic rings. The van der Waals surface area contributed by atoms with Crippen molar-refractivity contribution in [3.05, 3.63) is 81.5 Å². The minimum Gasteiger partial charge on any atom is -0.497 e. The van der Waals surface area contributed by atoms with Crippen LogP contribution in [0.2, 0.25) is 0 Å². The molecular weight excluding hydrogens is 460 g/mol. The fourth-order valence-corrected chi connectivity index (χ4v) is 5.49. The fourth-order valence-electron chi connectivity index (χ4n) is 4.58. The van der Waals surface area contributed by atoms with Crippen LogP contribution in [0.1, 0.15) is 46.3 Å². The summed E-state index contributed by atoms with van der Waals surface area (Å²) in [5.41, 5.74) is 2.71. The van der Waals surface area contributed by atoms with Gasteiger partial charge < -0.3 is 19.3 Å². The van der Waals surface area contributed by atoms with Crippen molar-refractivity contribution in [3.8, 4) is 11.5 Å². The van der Waals surface area contributed by atoms with Crippen LogP contribution < -0.4 is 9.47 Å². The van der Waals surface area contributed by atoms with E-state index in [2.05, 4.69) is 25.3 Å². The van der Waals surface area contributed by atoms with Gasteiger partial charge in [-0.05, 0) is 65.2 Å². The lowest BCUT2D eigenvalue weighted by Crippen LogP contribution is -2.47. The molecule has 7 heteroatoms. The Hall–Kier alpha value is -3.32. The number of carbonyl (C=O) groups is 2. The van der Waals surface area contributed by atoms with Crippen molar-refractivity contribution in [1.29, 1.82) is 0 Å². The van der Waals surface area contributed by atoms with Crippen molar-refractivity contribution in [3.63, 3.8) is 0 Å². The number of rotatable bonds is 8. The maximum atomic E-state index is 13.8. The van der Waals surface area contributed by atoms with Crippen LogP contribution in [-0.4, -0.2) is 55.5 Å². The Morgan fingerprint density at radius 1 is 1.06 bits per heavy atom. The van der Waals surface area contributed by atoms with E-state index in [1.165, 1.54) is 4.88 Å². The van der Waals surface area contributed by atoms with Gasteiger partial charge in [0.05, 0.1) is 20.3 Å². The Morgan fingerprint density at radius 3 is 2.49 bits per heavy atom. The summed E-state index contributed by atoms with van der Waals surface area (Å²) in [7, 11) is 3.22. The number of carbonyl (C=O) groups excluding carboxylic acids is 2. The normalized spacial score (nSPS) is 15.0. The molecule has 2 amide bonds. The van der Waals surface area contributed by atoms with Crippen LogP contribution in [-0.2, 0) is 11.2 Å². The Balaban J connectivity index is 1.62. The summed E-state index contributed by atoms with van der Waals surface area (Å²) >= 11 is 1.73. The van der Waals surface area contributed by atoms with Gasteiger partial charge in [0.1, 0.15) is 18.0 Å². The van der Waals surface area contributed by atoms with E-state index in [4.69, 9.17) is 9.47 Å². The van der Waals surface area contributed by atoms with Gasteiger partial charge in [-0.1, -0.05) is 32.0 Å². The second-order valence-corrected chi connectivity index (χ2v) is 10.1. The smallest absolute Gasteiger partial charge is 0.254 e. The van der Waals surface area contributed by atoms with Gasteiger partial charge in [0.15, 0.2) is 0 Å². The monoisotopic (exact) mass is 492 g/mol. The van der Waals surface area contributed by atoms with Gasteiger partial charge in [-0.2, -0.15) is 0 Å². The predicted molar refractivity (Wildman–Crippen MR) is 138 cm³/mol. The molecule has 0 spiro atoms. The molecule has 0 N–H and O–H groups in total. The Bertz CT molecular complexity index is 1170. The van der Waals surface area contributed by atoms with Gasteiger partial charge in [-0.3, -0.25) is 9.59 Å². The second-order valence-electron chi connectivity index (χ2n) is 9.12. The number of thiophene rings is 1. The quantitative estimate of drug-likeness (QED) is 0.442. The van der Waals surface area contributed by atoms with E-state index in [1.807, 2.05) is 29.2 Å². The summed E-state index contributed by atoms with van der Waals surface area (Å²) in [5.74, 6) is 1.39. The Labute approximate surface area is 211 Å². The average molecular weight is 493 g/mol. The molecule has 184 valence electrons. The molecule has 0 radical (unpaired) electrons. The highest BCUT2D eigenvalue weighted by atomic mass is 32.1. The lowest BCUT2D eigenvalue weighted by molar-refractivity contribution is -0.134. The summed E-state index contributed by atoms with van der Waals surface area (Å²) < 4.78 is 10.6. The number of fused-ring (bicyclic) bond motifs is 1. The maximum absolute atomic E-state index is 13.8. The number of ether oxygens (including phenoxy) is 2. The number of benzene rings is 2. The molecule has 2 heterocycles. The summed E-state index contributed by atoms with van der Waals surface area (Å²) in [4.78, 5) is 32.1. The standard InChI is InChI=1S/C28H32N2O4S/c1-19(2)17-29(28(32)21-6-5-7-23(16-21)34-4)18-26(31)30-14-12-25-24(13-15-35-25)27(30)20-8-10-22(33-3)11-9-20/h5-11,13,15-16,19,27H,12,14,17-18H2,1-4H3. The minimum atomic E-state index is -0.184. The van der Waals surface area contributed by atoms with Crippen LogP contribution in [0.25, 0.3) is 0 Å². The molecule has 6 nitrogen and oxygen atoms in total. The van der Waals surface area contributed by atoms with Crippen molar-refractivity contribution in [2.45, 2.75) is 26.3 Å². The molecule has 0 saturated carbocycles. The van der Waals surface area contributed by atoms with Crippen molar-refractivity contribution in [2.75, 3.05) is 33.9 Å². The van der Waals surface area contributed by atoms with Crippen molar-refractivity contribution < 1.29 is 19.1 Å². The van der Waals surface area contributed by atoms with Gasteiger partial charge in [0, 0.05) is 23.5 Å². The summed E-state index contributed by atoms with van der Waals surface area (Å²) in [6, 6.07) is 16.9.